The van der Waals surface area contributed by atoms with Crippen LogP contribution in [0.2, 0.25) is 0 Å². The molecular formula is C14H22N4O. The van der Waals surface area contributed by atoms with Crippen LogP contribution in [-0.4, -0.2) is 34.5 Å². The van der Waals surface area contributed by atoms with Crippen LogP contribution in [0.4, 0.5) is 5.95 Å². The fraction of sp³-hybridized carbons (Fsp3) is 0.643. The van der Waals surface area contributed by atoms with Gasteiger partial charge in [0.25, 0.3) is 0 Å². The highest BCUT2D eigenvalue weighted by Gasteiger charge is 2.28. The van der Waals surface area contributed by atoms with Crippen LogP contribution in [0.25, 0.3) is 0 Å². The predicted molar refractivity (Wildman–Crippen MR) is 74.9 cm³/mol. The number of carbonyl (C=O) groups is 1. The van der Waals surface area contributed by atoms with Gasteiger partial charge in [0.05, 0.1) is 5.92 Å². The second kappa shape index (κ2) is 5.55. The molecule has 1 aliphatic heterocycles. The van der Waals surface area contributed by atoms with Crippen LogP contribution in [0.15, 0.2) is 18.5 Å². The third-order valence-electron chi connectivity index (χ3n) is 3.13. The van der Waals surface area contributed by atoms with E-state index in [-0.39, 0.29) is 17.4 Å². The Bertz CT molecular complexity index is 427. The molecule has 0 bridgehead atoms. The van der Waals surface area contributed by atoms with Crippen molar-refractivity contribution in [2.75, 3.05) is 18.0 Å². The molecule has 2 rings (SSSR count). The molecule has 104 valence electrons. The molecule has 1 saturated heterocycles. The van der Waals surface area contributed by atoms with Gasteiger partial charge in [-0.3, -0.25) is 4.79 Å². The smallest absolute Gasteiger partial charge is 0.225 e. The molecule has 5 heteroatoms. The van der Waals surface area contributed by atoms with E-state index >= 15 is 0 Å². The van der Waals surface area contributed by atoms with Gasteiger partial charge >= 0.3 is 0 Å². The highest BCUT2D eigenvalue weighted by atomic mass is 16.2. The Balaban J connectivity index is 2.00. The number of hydrogen-bond acceptors (Lipinski definition) is 4. The summed E-state index contributed by atoms with van der Waals surface area (Å²) in [5.74, 6) is 0.876. The molecule has 1 atom stereocenters. The van der Waals surface area contributed by atoms with Gasteiger partial charge in [0.15, 0.2) is 0 Å². The van der Waals surface area contributed by atoms with Crippen LogP contribution in [0, 0.1) is 5.92 Å². The molecule has 0 saturated carbocycles. The van der Waals surface area contributed by atoms with Gasteiger partial charge < -0.3 is 10.2 Å². The summed E-state index contributed by atoms with van der Waals surface area (Å²) >= 11 is 0. The van der Waals surface area contributed by atoms with Gasteiger partial charge in [-0.25, -0.2) is 9.97 Å². The molecule has 1 amide bonds. The number of aromatic nitrogens is 2. The van der Waals surface area contributed by atoms with E-state index in [1.165, 1.54) is 0 Å². The summed E-state index contributed by atoms with van der Waals surface area (Å²) in [5.41, 5.74) is -0.178. The van der Waals surface area contributed by atoms with Crippen molar-refractivity contribution in [1.29, 1.82) is 0 Å². The van der Waals surface area contributed by atoms with Crippen LogP contribution in [-0.2, 0) is 4.79 Å². The summed E-state index contributed by atoms with van der Waals surface area (Å²) in [4.78, 5) is 22.8. The number of hydrogen-bond donors (Lipinski definition) is 1. The van der Waals surface area contributed by atoms with Crippen molar-refractivity contribution in [2.24, 2.45) is 5.92 Å². The van der Waals surface area contributed by atoms with Gasteiger partial charge in [0.1, 0.15) is 0 Å². The van der Waals surface area contributed by atoms with Gasteiger partial charge in [0, 0.05) is 31.0 Å². The van der Waals surface area contributed by atoms with Gasteiger partial charge in [-0.2, -0.15) is 0 Å². The molecule has 19 heavy (non-hydrogen) atoms. The third-order valence-corrected chi connectivity index (χ3v) is 3.13. The number of nitrogens with one attached hydrogen (secondary N) is 1. The van der Waals surface area contributed by atoms with E-state index in [4.69, 9.17) is 0 Å². The lowest BCUT2D eigenvalue weighted by molar-refractivity contribution is -0.126. The monoisotopic (exact) mass is 262 g/mol. The molecule has 1 aromatic rings. The minimum Gasteiger partial charge on any atom is -0.351 e. The predicted octanol–water partition coefficient (Wildman–Crippen LogP) is 1.61. The molecule has 1 aliphatic rings. The lowest BCUT2D eigenvalue weighted by atomic mass is 9.96. The molecule has 1 fully saturated rings. The highest BCUT2D eigenvalue weighted by molar-refractivity contribution is 5.80. The summed E-state index contributed by atoms with van der Waals surface area (Å²) in [6.07, 6.45) is 5.41. The van der Waals surface area contributed by atoms with Gasteiger partial charge in [-0.15, -0.1) is 0 Å². The molecule has 0 aliphatic carbocycles. The van der Waals surface area contributed by atoms with Crippen molar-refractivity contribution in [3.63, 3.8) is 0 Å². The number of piperidine rings is 1. The Morgan fingerprint density at radius 3 is 2.68 bits per heavy atom. The molecule has 1 unspecified atom stereocenters. The number of carbonyl (C=O) groups excluding carboxylic acids is 1. The summed E-state index contributed by atoms with van der Waals surface area (Å²) in [6.45, 7) is 7.64. The lowest BCUT2D eigenvalue weighted by Gasteiger charge is -2.33. The zero-order valence-corrected chi connectivity index (χ0v) is 11.9. The van der Waals surface area contributed by atoms with Crippen LogP contribution in [0.1, 0.15) is 33.6 Å². The maximum absolute atomic E-state index is 12.2. The van der Waals surface area contributed by atoms with Crippen LogP contribution in [0.5, 0.6) is 0 Å². The molecule has 1 N–H and O–H groups in total. The molecule has 2 heterocycles. The first-order valence-electron chi connectivity index (χ1n) is 6.80. The number of rotatable bonds is 2. The molecular weight excluding hydrogens is 240 g/mol. The summed E-state index contributed by atoms with van der Waals surface area (Å²) in [5, 5.41) is 3.05. The van der Waals surface area contributed by atoms with Crippen molar-refractivity contribution in [3.05, 3.63) is 18.5 Å². The van der Waals surface area contributed by atoms with Crippen molar-refractivity contribution in [3.8, 4) is 0 Å². The molecule has 1 aromatic heterocycles. The molecule has 0 aromatic carbocycles. The number of anilines is 1. The fourth-order valence-corrected chi connectivity index (χ4v) is 2.30. The summed E-state index contributed by atoms with van der Waals surface area (Å²) < 4.78 is 0. The maximum Gasteiger partial charge on any atom is 0.225 e. The average molecular weight is 262 g/mol. The Hall–Kier alpha value is -1.65. The lowest BCUT2D eigenvalue weighted by Crippen LogP contribution is -2.49. The van der Waals surface area contributed by atoms with Gasteiger partial charge in [0.2, 0.25) is 11.9 Å². The largest absolute Gasteiger partial charge is 0.351 e. The van der Waals surface area contributed by atoms with Crippen molar-refractivity contribution < 1.29 is 4.79 Å². The van der Waals surface area contributed by atoms with E-state index in [1.807, 2.05) is 20.8 Å². The zero-order chi connectivity index (χ0) is 13.9. The topological polar surface area (TPSA) is 58.1 Å². The van der Waals surface area contributed by atoms with Crippen LogP contribution >= 0.6 is 0 Å². The zero-order valence-electron chi connectivity index (χ0n) is 11.9. The Labute approximate surface area is 114 Å². The van der Waals surface area contributed by atoms with Crippen molar-refractivity contribution in [2.45, 2.75) is 39.2 Å². The van der Waals surface area contributed by atoms with E-state index in [1.54, 1.807) is 18.5 Å². The van der Waals surface area contributed by atoms with E-state index in [2.05, 4.69) is 20.2 Å². The first-order valence-corrected chi connectivity index (χ1v) is 6.80. The van der Waals surface area contributed by atoms with Gasteiger partial charge in [-0.1, -0.05) is 0 Å². The van der Waals surface area contributed by atoms with E-state index in [0.29, 0.717) is 6.54 Å². The van der Waals surface area contributed by atoms with E-state index in [0.717, 1.165) is 25.3 Å². The SMILES string of the molecule is CC(C)(C)NC(=O)C1CCCN(c2ncccn2)C1. The Morgan fingerprint density at radius 2 is 2.05 bits per heavy atom. The van der Waals surface area contributed by atoms with Crippen molar-refractivity contribution in [1.82, 2.24) is 15.3 Å². The van der Waals surface area contributed by atoms with E-state index in [9.17, 15) is 4.79 Å². The Kier molecular flexibility index (Phi) is 4.02. The quantitative estimate of drug-likeness (QED) is 0.879. The third kappa shape index (κ3) is 3.91. The standard InChI is InChI=1S/C14H22N4O/c1-14(2,3)17-12(19)11-6-4-9-18(10-11)13-15-7-5-8-16-13/h5,7-8,11H,4,6,9-10H2,1-3H3,(H,17,19). The first kappa shape index (κ1) is 13.8. The number of nitrogens with zero attached hydrogens (tertiary/aromatic N) is 3. The summed E-state index contributed by atoms with van der Waals surface area (Å²) in [6, 6.07) is 1.80. The second-order valence-corrected chi connectivity index (χ2v) is 6.07. The van der Waals surface area contributed by atoms with Crippen LogP contribution < -0.4 is 10.2 Å². The van der Waals surface area contributed by atoms with Crippen molar-refractivity contribution >= 4 is 11.9 Å². The molecule has 0 spiro atoms. The van der Waals surface area contributed by atoms with Crippen LogP contribution in [0.3, 0.4) is 0 Å². The fourth-order valence-electron chi connectivity index (χ4n) is 2.30. The van der Waals surface area contributed by atoms with Gasteiger partial charge in [-0.05, 0) is 39.7 Å². The maximum atomic E-state index is 12.2. The minimum absolute atomic E-state index is 0.0248. The molecule has 5 nitrogen and oxygen atoms in total. The summed E-state index contributed by atoms with van der Waals surface area (Å²) in [7, 11) is 0. The average Bonchev–Trinajstić information content (AvgIpc) is 2.38. The molecule has 0 radical (unpaired) electrons. The normalized spacial score (nSPS) is 20.2. The Morgan fingerprint density at radius 1 is 1.37 bits per heavy atom. The minimum atomic E-state index is -0.178. The first-order chi connectivity index (χ1) is 8.96. The highest BCUT2D eigenvalue weighted by Crippen LogP contribution is 2.20. The second-order valence-electron chi connectivity index (χ2n) is 6.07. The number of amides is 1. The van der Waals surface area contributed by atoms with E-state index < -0.39 is 0 Å².